The first-order valence-corrected chi connectivity index (χ1v) is 7.93. The normalized spacial score (nSPS) is 12.4. The SMILES string of the molecule is CC(C)(O)C#CCOc1ccc(C(=O)NC(C(=O)NO)C(C)(C)N)cc1. The number of hydrogen-bond acceptors (Lipinski definition) is 6. The van der Waals surface area contributed by atoms with Gasteiger partial charge in [-0.3, -0.25) is 14.8 Å². The number of hydroxylamine groups is 1. The summed E-state index contributed by atoms with van der Waals surface area (Å²) in [7, 11) is 0. The Labute approximate surface area is 152 Å². The highest BCUT2D eigenvalue weighted by Gasteiger charge is 2.33. The Morgan fingerprint density at radius 1 is 1.23 bits per heavy atom. The molecule has 0 radical (unpaired) electrons. The van der Waals surface area contributed by atoms with Crippen LogP contribution in [-0.4, -0.2) is 45.9 Å². The van der Waals surface area contributed by atoms with Crippen LogP contribution >= 0.6 is 0 Å². The van der Waals surface area contributed by atoms with E-state index >= 15 is 0 Å². The van der Waals surface area contributed by atoms with Gasteiger partial charge >= 0.3 is 0 Å². The number of hydrogen-bond donors (Lipinski definition) is 5. The van der Waals surface area contributed by atoms with Gasteiger partial charge in [-0.15, -0.1) is 0 Å². The van der Waals surface area contributed by atoms with Gasteiger partial charge in [0.15, 0.2) is 0 Å². The molecule has 1 unspecified atom stereocenters. The molecule has 1 aromatic carbocycles. The van der Waals surface area contributed by atoms with Crippen LogP contribution in [0.3, 0.4) is 0 Å². The fourth-order valence-corrected chi connectivity index (χ4v) is 1.94. The van der Waals surface area contributed by atoms with E-state index < -0.39 is 29.0 Å². The average molecular weight is 363 g/mol. The molecule has 0 bridgehead atoms. The predicted molar refractivity (Wildman–Crippen MR) is 95.5 cm³/mol. The highest BCUT2D eigenvalue weighted by atomic mass is 16.5. The van der Waals surface area contributed by atoms with Gasteiger partial charge in [0.25, 0.3) is 11.8 Å². The summed E-state index contributed by atoms with van der Waals surface area (Å²) in [6.45, 7) is 6.34. The van der Waals surface area contributed by atoms with Gasteiger partial charge in [-0.2, -0.15) is 0 Å². The van der Waals surface area contributed by atoms with Crippen molar-refractivity contribution in [2.75, 3.05) is 6.61 Å². The van der Waals surface area contributed by atoms with Crippen LogP contribution in [0.5, 0.6) is 5.75 Å². The van der Waals surface area contributed by atoms with Gasteiger partial charge in [0.2, 0.25) is 0 Å². The maximum Gasteiger partial charge on any atom is 0.267 e. The first-order valence-electron chi connectivity index (χ1n) is 7.93. The molecular formula is C18H25N3O5. The molecule has 0 aliphatic rings. The minimum atomic E-state index is -1.12. The first kappa shape index (κ1) is 21.4. The van der Waals surface area contributed by atoms with E-state index in [1.807, 2.05) is 0 Å². The Kier molecular flexibility index (Phi) is 7.15. The van der Waals surface area contributed by atoms with Crippen LogP contribution in [-0.2, 0) is 4.79 Å². The zero-order valence-corrected chi connectivity index (χ0v) is 15.3. The highest BCUT2D eigenvalue weighted by Crippen LogP contribution is 2.13. The first-order chi connectivity index (χ1) is 11.9. The maximum absolute atomic E-state index is 12.3. The number of aliphatic hydroxyl groups is 1. The van der Waals surface area contributed by atoms with Crippen LogP contribution in [0.2, 0.25) is 0 Å². The Morgan fingerprint density at radius 3 is 2.27 bits per heavy atom. The average Bonchev–Trinajstić information content (AvgIpc) is 2.54. The van der Waals surface area contributed by atoms with Crippen molar-refractivity contribution < 1.29 is 24.6 Å². The molecule has 0 saturated heterocycles. The lowest BCUT2D eigenvalue weighted by Crippen LogP contribution is -2.61. The number of nitrogens with two attached hydrogens (primary N) is 1. The molecule has 8 nitrogen and oxygen atoms in total. The summed E-state index contributed by atoms with van der Waals surface area (Å²) < 4.78 is 5.39. The van der Waals surface area contributed by atoms with Crippen molar-refractivity contribution in [1.29, 1.82) is 0 Å². The van der Waals surface area contributed by atoms with Crippen LogP contribution in [0.1, 0.15) is 38.1 Å². The second kappa shape index (κ2) is 8.67. The van der Waals surface area contributed by atoms with E-state index in [0.717, 1.165) is 0 Å². The Morgan fingerprint density at radius 2 is 1.81 bits per heavy atom. The lowest BCUT2D eigenvalue weighted by molar-refractivity contribution is -0.132. The molecule has 26 heavy (non-hydrogen) atoms. The molecule has 1 atom stereocenters. The molecule has 142 valence electrons. The van der Waals surface area contributed by atoms with Crippen molar-refractivity contribution in [3.05, 3.63) is 29.8 Å². The zero-order chi connectivity index (χ0) is 20.0. The van der Waals surface area contributed by atoms with Gasteiger partial charge in [-0.25, -0.2) is 5.48 Å². The standard InChI is InChI=1S/C18H25N3O5/c1-17(2,24)10-5-11-26-13-8-6-12(7-9-13)15(22)20-14(16(23)21-25)18(3,4)19/h6-9,14,24-25H,11,19H2,1-4H3,(H,20,22)(H,21,23). The van der Waals surface area contributed by atoms with Crippen molar-refractivity contribution in [2.45, 2.75) is 44.9 Å². The van der Waals surface area contributed by atoms with Gasteiger partial charge in [0.05, 0.1) is 0 Å². The zero-order valence-electron chi connectivity index (χ0n) is 15.3. The maximum atomic E-state index is 12.3. The van der Waals surface area contributed by atoms with E-state index in [1.54, 1.807) is 39.8 Å². The number of rotatable bonds is 6. The molecular weight excluding hydrogens is 338 g/mol. The number of nitrogens with one attached hydrogen (secondary N) is 2. The number of carbonyl (C=O) groups excluding carboxylic acids is 2. The van der Waals surface area contributed by atoms with Gasteiger partial charge in [-0.05, 0) is 52.0 Å². The molecule has 0 spiro atoms. The quantitative estimate of drug-likeness (QED) is 0.278. The lowest BCUT2D eigenvalue weighted by Gasteiger charge is -2.29. The molecule has 0 fully saturated rings. The molecule has 2 amide bonds. The van der Waals surface area contributed by atoms with E-state index in [9.17, 15) is 14.7 Å². The van der Waals surface area contributed by atoms with Gasteiger partial charge in [-0.1, -0.05) is 11.8 Å². The van der Waals surface area contributed by atoms with Crippen LogP contribution in [0, 0.1) is 11.8 Å². The van der Waals surface area contributed by atoms with Crippen LogP contribution in [0.25, 0.3) is 0 Å². The lowest BCUT2D eigenvalue weighted by atomic mass is 9.95. The van der Waals surface area contributed by atoms with E-state index in [4.69, 9.17) is 15.7 Å². The number of ether oxygens (including phenoxy) is 1. The smallest absolute Gasteiger partial charge is 0.267 e. The molecule has 0 heterocycles. The molecule has 1 aromatic rings. The fourth-order valence-electron chi connectivity index (χ4n) is 1.94. The summed E-state index contributed by atoms with van der Waals surface area (Å²) in [5.41, 5.74) is 5.49. The van der Waals surface area contributed by atoms with Crippen molar-refractivity contribution in [2.24, 2.45) is 5.73 Å². The molecule has 6 N–H and O–H groups in total. The summed E-state index contributed by atoms with van der Waals surface area (Å²) in [5.74, 6) is 4.47. The largest absolute Gasteiger partial charge is 0.481 e. The number of benzene rings is 1. The van der Waals surface area contributed by atoms with E-state index in [0.29, 0.717) is 11.3 Å². The second-order valence-electron chi connectivity index (χ2n) is 6.88. The molecule has 0 aliphatic carbocycles. The molecule has 0 aliphatic heterocycles. The van der Waals surface area contributed by atoms with E-state index in [2.05, 4.69) is 17.2 Å². The monoisotopic (exact) mass is 363 g/mol. The molecule has 8 heteroatoms. The van der Waals surface area contributed by atoms with Crippen molar-refractivity contribution in [1.82, 2.24) is 10.8 Å². The summed E-state index contributed by atoms with van der Waals surface area (Å²) in [5, 5.41) is 20.7. The minimum absolute atomic E-state index is 0.0929. The third kappa shape index (κ3) is 7.11. The Bertz CT molecular complexity index is 691. The molecule has 0 aromatic heterocycles. The second-order valence-corrected chi connectivity index (χ2v) is 6.88. The summed E-state index contributed by atoms with van der Waals surface area (Å²) in [6.07, 6.45) is 0. The van der Waals surface area contributed by atoms with Crippen LogP contribution < -0.4 is 21.3 Å². The van der Waals surface area contributed by atoms with Crippen molar-refractivity contribution in [3.8, 4) is 17.6 Å². The summed E-state index contributed by atoms with van der Waals surface area (Å²) >= 11 is 0. The third-order valence-electron chi connectivity index (χ3n) is 3.21. The molecule has 1 rings (SSSR count). The minimum Gasteiger partial charge on any atom is -0.481 e. The fraction of sp³-hybridized carbons (Fsp3) is 0.444. The van der Waals surface area contributed by atoms with Gasteiger partial charge in [0.1, 0.15) is 24.0 Å². The Balaban J connectivity index is 2.73. The number of carbonyl (C=O) groups is 2. The van der Waals surface area contributed by atoms with Crippen LogP contribution in [0.4, 0.5) is 0 Å². The topological polar surface area (TPSA) is 134 Å². The van der Waals surface area contributed by atoms with Crippen molar-refractivity contribution in [3.63, 3.8) is 0 Å². The van der Waals surface area contributed by atoms with Crippen molar-refractivity contribution >= 4 is 11.8 Å². The number of amides is 2. The summed E-state index contributed by atoms with van der Waals surface area (Å²) in [6, 6.07) is 5.08. The van der Waals surface area contributed by atoms with Crippen LogP contribution in [0.15, 0.2) is 24.3 Å². The third-order valence-corrected chi connectivity index (χ3v) is 3.21. The van der Waals surface area contributed by atoms with Gasteiger partial charge < -0.3 is 20.9 Å². The molecule has 0 saturated carbocycles. The predicted octanol–water partition coefficient (Wildman–Crippen LogP) is 0.181. The summed E-state index contributed by atoms with van der Waals surface area (Å²) in [4.78, 5) is 24.0. The van der Waals surface area contributed by atoms with E-state index in [-0.39, 0.29) is 6.61 Å². The highest BCUT2D eigenvalue weighted by molar-refractivity contribution is 5.97. The van der Waals surface area contributed by atoms with E-state index in [1.165, 1.54) is 17.6 Å². The Hall–Kier alpha value is -2.60. The van der Waals surface area contributed by atoms with Gasteiger partial charge in [0, 0.05) is 11.1 Å².